The number of hydrogen-bond donors (Lipinski definition) is 2. The molecule has 0 unspecified atom stereocenters. The Hall–Kier alpha value is -2.08. The summed E-state index contributed by atoms with van der Waals surface area (Å²) in [6, 6.07) is 5.79. The van der Waals surface area contributed by atoms with Gasteiger partial charge in [-0.1, -0.05) is 0 Å². The summed E-state index contributed by atoms with van der Waals surface area (Å²) in [7, 11) is 0. The highest BCUT2D eigenvalue weighted by Crippen LogP contribution is 2.29. The molecule has 2 N–H and O–H groups in total. The van der Waals surface area contributed by atoms with Crippen molar-refractivity contribution in [1.82, 2.24) is 14.5 Å². The van der Waals surface area contributed by atoms with Gasteiger partial charge in [0.1, 0.15) is 0 Å². The van der Waals surface area contributed by atoms with Gasteiger partial charge in [0.2, 0.25) is 5.91 Å². The highest BCUT2D eigenvalue weighted by Gasteiger charge is 2.29. The summed E-state index contributed by atoms with van der Waals surface area (Å²) >= 11 is 0. The first-order valence-electron chi connectivity index (χ1n) is 8.52. The Labute approximate surface area is 141 Å². The number of aromatic nitrogens is 2. The summed E-state index contributed by atoms with van der Waals surface area (Å²) in [5, 5.41) is 2.75. The molecule has 2 heterocycles. The molecule has 0 aliphatic carbocycles. The van der Waals surface area contributed by atoms with Gasteiger partial charge in [-0.25, -0.2) is 4.79 Å². The van der Waals surface area contributed by atoms with E-state index in [-0.39, 0.29) is 23.2 Å². The summed E-state index contributed by atoms with van der Waals surface area (Å²) in [4.78, 5) is 29.0. The van der Waals surface area contributed by atoms with Gasteiger partial charge in [-0.05, 0) is 51.8 Å². The predicted octanol–water partition coefficient (Wildman–Crippen LogP) is 2.72. The first kappa shape index (κ1) is 16.8. The Bertz CT molecular complexity index is 805. The maximum absolute atomic E-state index is 12.5. The highest BCUT2D eigenvalue weighted by molar-refractivity contribution is 5.91. The fourth-order valence-corrected chi connectivity index (χ4v) is 3.57. The molecule has 3 rings (SSSR count). The van der Waals surface area contributed by atoms with Crippen molar-refractivity contribution < 1.29 is 4.79 Å². The Balaban J connectivity index is 1.87. The van der Waals surface area contributed by atoms with Crippen LogP contribution in [0.4, 0.5) is 5.69 Å². The normalized spacial score (nSPS) is 17.3. The number of aromatic amines is 1. The number of hydrogen-bond acceptors (Lipinski definition) is 3. The molecule has 1 aromatic heterocycles. The quantitative estimate of drug-likeness (QED) is 0.889. The number of nitrogens with zero attached hydrogens (tertiary/aromatic N) is 2. The Morgan fingerprint density at radius 2 is 1.92 bits per heavy atom. The minimum Gasteiger partial charge on any atom is -0.326 e. The van der Waals surface area contributed by atoms with Crippen molar-refractivity contribution in [2.75, 3.05) is 18.4 Å². The number of anilines is 1. The summed E-state index contributed by atoms with van der Waals surface area (Å²) in [5.41, 5.74) is 2.47. The van der Waals surface area contributed by atoms with Crippen molar-refractivity contribution >= 4 is 22.6 Å². The number of H-pyrrole nitrogens is 1. The van der Waals surface area contributed by atoms with E-state index in [0.717, 1.165) is 37.0 Å². The van der Waals surface area contributed by atoms with Crippen molar-refractivity contribution in [3.8, 4) is 0 Å². The highest BCUT2D eigenvalue weighted by atomic mass is 16.1. The fraction of sp³-hybridized carbons (Fsp3) is 0.556. The lowest BCUT2D eigenvalue weighted by Gasteiger charge is -2.41. The lowest BCUT2D eigenvalue weighted by atomic mass is 9.98. The van der Waals surface area contributed by atoms with E-state index in [1.165, 1.54) is 6.92 Å². The predicted molar refractivity (Wildman–Crippen MR) is 96.5 cm³/mol. The van der Waals surface area contributed by atoms with Crippen LogP contribution in [0.25, 0.3) is 11.0 Å². The largest absolute Gasteiger partial charge is 0.326 e. The molecule has 0 radical (unpaired) electrons. The van der Waals surface area contributed by atoms with E-state index in [9.17, 15) is 9.59 Å². The first-order valence-corrected chi connectivity index (χ1v) is 8.52. The second kappa shape index (κ2) is 6.09. The third kappa shape index (κ3) is 3.24. The minimum atomic E-state index is -0.120. The van der Waals surface area contributed by atoms with Gasteiger partial charge in [0, 0.05) is 37.3 Å². The second-order valence-electron chi connectivity index (χ2n) is 7.60. The molecule has 0 saturated carbocycles. The molecule has 6 heteroatoms. The van der Waals surface area contributed by atoms with Crippen LogP contribution in [0.15, 0.2) is 23.0 Å². The average Bonchev–Trinajstić information content (AvgIpc) is 2.81. The molecule has 1 saturated heterocycles. The summed E-state index contributed by atoms with van der Waals surface area (Å²) in [6.07, 6.45) is 1.94. The second-order valence-corrected chi connectivity index (χ2v) is 7.60. The van der Waals surface area contributed by atoms with Gasteiger partial charge in [-0.2, -0.15) is 0 Å². The number of imidazole rings is 1. The average molecular weight is 330 g/mol. The van der Waals surface area contributed by atoms with Gasteiger partial charge in [0.05, 0.1) is 11.0 Å². The standard InChI is InChI=1S/C18H26N4O2/c1-12(23)19-13-5-6-16-15(11-13)20-17(24)22(16)14-7-9-21(10-8-14)18(2,3)4/h5-6,11,14H,7-10H2,1-4H3,(H,19,23)(H,20,24). The first-order chi connectivity index (χ1) is 11.3. The summed E-state index contributed by atoms with van der Waals surface area (Å²) in [6.45, 7) is 10.2. The van der Waals surface area contributed by atoms with E-state index in [4.69, 9.17) is 0 Å². The smallest absolute Gasteiger partial charge is 0.326 e. The Morgan fingerprint density at radius 1 is 1.25 bits per heavy atom. The van der Waals surface area contributed by atoms with Gasteiger partial charge in [-0.3, -0.25) is 14.3 Å². The van der Waals surface area contributed by atoms with Crippen LogP contribution in [0, 0.1) is 0 Å². The van der Waals surface area contributed by atoms with Crippen LogP contribution in [-0.2, 0) is 4.79 Å². The maximum atomic E-state index is 12.5. The molecule has 1 aliphatic heterocycles. The van der Waals surface area contributed by atoms with Crippen molar-refractivity contribution in [1.29, 1.82) is 0 Å². The molecule has 24 heavy (non-hydrogen) atoms. The molecule has 0 atom stereocenters. The SMILES string of the molecule is CC(=O)Nc1ccc2c(c1)[nH]c(=O)n2C1CCN(C(C)(C)C)CC1. The summed E-state index contributed by atoms with van der Waals surface area (Å²) in [5.74, 6) is -0.120. The van der Waals surface area contributed by atoms with Gasteiger partial charge in [0.15, 0.2) is 0 Å². The minimum absolute atomic E-state index is 0.0702. The number of benzene rings is 1. The number of piperidine rings is 1. The lowest BCUT2D eigenvalue weighted by Crippen LogP contribution is -2.47. The lowest BCUT2D eigenvalue weighted by molar-refractivity contribution is -0.114. The number of fused-ring (bicyclic) bond motifs is 1. The molecule has 130 valence electrons. The van der Waals surface area contributed by atoms with Gasteiger partial charge < -0.3 is 10.3 Å². The van der Waals surface area contributed by atoms with Gasteiger partial charge in [-0.15, -0.1) is 0 Å². The molecule has 0 bridgehead atoms. The molecular formula is C18H26N4O2. The van der Waals surface area contributed by atoms with Crippen LogP contribution in [0.2, 0.25) is 0 Å². The van der Waals surface area contributed by atoms with Crippen LogP contribution in [0.5, 0.6) is 0 Å². The number of likely N-dealkylation sites (tertiary alicyclic amines) is 1. The van der Waals surface area contributed by atoms with E-state index >= 15 is 0 Å². The van der Waals surface area contributed by atoms with Crippen LogP contribution in [0.1, 0.15) is 46.6 Å². The molecular weight excluding hydrogens is 304 g/mol. The Kier molecular flexibility index (Phi) is 4.25. The van der Waals surface area contributed by atoms with Crippen LogP contribution in [0.3, 0.4) is 0 Å². The molecule has 6 nitrogen and oxygen atoms in total. The monoisotopic (exact) mass is 330 g/mol. The number of amides is 1. The van der Waals surface area contributed by atoms with Crippen molar-refractivity contribution in [2.24, 2.45) is 0 Å². The number of rotatable bonds is 2. The van der Waals surface area contributed by atoms with E-state index < -0.39 is 0 Å². The number of carbonyl (C=O) groups is 1. The number of carbonyl (C=O) groups excluding carboxylic acids is 1. The molecule has 0 spiro atoms. The maximum Gasteiger partial charge on any atom is 0.326 e. The molecule has 1 aliphatic rings. The van der Waals surface area contributed by atoms with Gasteiger partial charge in [0.25, 0.3) is 0 Å². The Morgan fingerprint density at radius 3 is 2.50 bits per heavy atom. The number of nitrogens with one attached hydrogen (secondary N) is 2. The van der Waals surface area contributed by atoms with Gasteiger partial charge >= 0.3 is 5.69 Å². The van der Waals surface area contributed by atoms with E-state index in [0.29, 0.717) is 5.69 Å². The summed E-state index contributed by atoms with van der Waals surface area (Å²) < 4.78 is 1.88. The van der Waals surface area contributed by atoms with Crippen LogP contribution in [-0.4, -0.2) is 39.0 Å². The molecule has 2 aromatic rings. The van der Waals surface area contributed by atoms with Crippen LogP contribution >= 0.6 is 0 Å². The molecule has 1 aromatic carbocycles. The van der Waals surface area contributed by atoms with E-state index in [1.54, 1.807) is 0 Å². The topological polar surface area (TPSA) is 70.1 Å². The van der Waals surface area contributed by atoms with Crippen LogP contribution < -0.4 is 11.0 Å². The molecule has 1 amide bonds. The third-order valence-electron chi connectivity index (χ3n) is 4.82. The van der Waals surface area contributed by atoms with Crippen molar-refractivity contribution in [2.45, 2.75) is 52.1 Å². The zero-order valence-corrected chi connectivity index (χ0v) is 14.8. The van der Waals surface area contributed by atoms with E-state index in [1.807, 2.05) is 22.8 Å². The fourth-order valence-electron chi connectivity index (χ4n) is 3.57. The van der Waals surface area contributed by atoms with Crippen molar-refractivity contribution in [3.63, 3.8) is 0 Å². The van der Waals surface area contributed by atoms with Crippen molar-refractivity contribution in [3.05, 3.63) is 28.7 Å². The third-order valence-corrected chi connectivity index (χ3v) is 4.82. The van der Waals surface area contributed by atoms with E-state index in [2.05, 4.69) is 36.0 Å². The molecule has 1 fully saturated rings. The zero-order chi connectivity index (χ0) is 17.5. The zero-order valence-electron chi connectivity index (χ0n) is 14.8.